The van der Waals surface area contributed by atoms with E-state index in [0.29, 0.717) is 5.82 Å². The molecule has 4 nitrogen and oxygen atoms in total. The molecule has 0 unspecified atom stereocenters. The highest BCUT2D eigenvalue weighted by Gasteiger charge is 2.04. The van der Waals surface area contributed by atoms with E-state index in [2.05, 4.69) is 31.4 Å². The monoisotopic (exact) mass is 288 g/mol. The molecule has 1 heterocycles. The van der Waals surface area contributed by atoms with Crippen molar-refractivity contribution in [3.05, 3.63) is 40.9 Å². The van der Waals surface area contributed by atoms with Gasteiger partial charge >= 0.3 is 0 Å². The molecular formula is C12H9BrN4. The van der Waals surface area contributed by atoms with Crippen LogP contribution in [-0.2, 0) is 0 Å². The maximum absolute atomic E-state index is 8.43. The minimum absolute atomic E-state index is 0.225. The molecule has 0 radical (unpaired) electrons. The van der Waals surface area contributed by atoms with E-state index in [1.54, 1.807) is 6.07 Å². The van der Waals surface area contributed by atoms with Crippen LogP contribution in [0.5, 0.6) is 0 Å². The number of rotatable bonds is 3. The van der Waals surface area contributed by atoms with Crippen LogP contribution < -0.4 is 5.32 Å². The molecule has 0 saturated heterocycles. The van der Waals surface area contributed by atoms with Crippen LogP contribution in [0.4, 0.5) is 5.82 Å². The van der Waals surface area contributed by atoms with E-state index in [1.807, 2.05) is 36.4 Å². The second-order valence-electron chi connectivity index (χ2n) is 3.30. The minimum atomic E-state index is 0.225. The summed E-state index contributed by atoms with van der Waals surface area (Å²) in [5.74, 6) is 0.599. The van der Waals surface area contributed by atoms with E-state index < -0.39 is 0 Å². The van der Waals surface area contributed by atoms with Crippen LogP contribution in [0.2, 0.25) is 0 Å². The van der Waals surface area contributed by atoms with E-state index in [-0.39, 0.29) is 6.54 Å². The maximum Gasteiger partial charge on any atom is 0.149 e. The summed E-state index contributed by atoms with van der Waals surface area (Å²) in [6.07, 6.45) is 0. The SMILES string of the molecule is N#CCNc1ccc(-c2ccccc2Br)nn1. The third-order valence-corrected chi connectivity index (χ3v) is 2.85. The Labute approximate surface area is 107 Å². The fraction of sp³-hybridized carbons (Fsp3) is 0.0833. The zero-order valence-corrected chi connectivity index (χ0v) is 10.5. The smallest absolute Gasteiger partial charge is 0.149 e. The van der Waals surface area contributed by atoms with Crippen LogP contribution in [0.1, 0.15) is 0 Å². The Balaban J connectivity index is 2.24. The van der Waals surface area contributed by atoms with Crippen molar-refractivity contribution in [3.63, 3.8) is 0 Å². The summed E-state index contributed by atoms with van der Waals surface area (Å²) in [5, 5.41) is 19.4. The summed E-state index contributed by atoms with van der Waals surface area (Å²) >= 11 is 3.47. The van der Waals surface area contributed by atoms with Crippen LogP contribution in [0.3, 0.4) is 0 Å². The summed E-state index contributed by atoms with van der Waals surface area (Å²) in [6.45, 7) is 0.225. The van der Waals surface area contributed by atoms with Crippen LogP contribution in [0.15, 0.2) is 40.9 Å². The first-order valence-electron chi connectivity index (χ1n) is 5.00. The van der Waals surface area contributed by atoms with Crippen molar-refractivity contribution in [1.29, 1.82) is 5.26 Å². The summed E-state index contributed by atoms with van der Waals surface area (Å²) in [5.41, 5.74) is 1.78. The zero-order valence-electron chi connectivity index (χ0n) is 8.89. The summed E-state index contributed by atoms with van der Waals surface area (Å²) in [4.78, 5) is 0. The van der Waals surface area contributed by atoms with Gasteiger partial charge in [0.05, 0.1) is 11.8 Å². The predicted molar refractivity (Wildman–Crippen MR) is 69.3 cm³/mol. The van der Waals surface area contributed by atoms with Gasteiger partial charge in [0.15, 0.2) is 0 Å². The van der Waals surface area contributed by atoms with Gasteiger partial charge in [0, 0.05) is 10.0 Å². The second-order valence-corrected chi connectivity index (χ2v) is 4.15. The van der Waals surface area contributed by atoms with Gasteiger partial charge in [-0.25, -0.2) is 0 Å². The number of nitrogens with one attached hydrogen (secondary N) is 1. The van der Waals surface area contributed by atoms with Crippen LogP contribution in [-0.4, -0.2) is 16.7 Å². The Kier molecular flexibility index (Phi) is 3.68. The maximum atomic E-state index is 8.43. The van der Waals surface area contributed by atoms with Crippen molar-refractivity contribution >= 4 is 21.7 Å². The van der Waals surface area contributed by atoms with Gasteiger partial charge in [-0.2, -0.15) is 5.26 Å². The molecule has 84 valence electrons. The first-order chi connectivity index (χ1) is 8.31. The highest BCUT2D eigenvalue weighted by atomic mass is 79.9. The third-order valence-electron chi connectivity index (χ3n) is 2.16. The molecule has 0 aliphatic heterocycles. The van der Waals surface area contributed by atoms with Crippen molar-refractivity contribution < 1.29 is 0 Å². The van der Waals surface area contributed by atoms with Crippen LogP contribution in [0, 0.1) is 11.3 Å². The highest BCUT2D eigenvalue weighted by molar-refractivity contribution is 9.10. The predicted octanol–water partition coefficient (Wildman–Crippen LogP) is 2.84. The molecule has 0 aliphatic carbocycles. The molecule has 5 heteroatoms. The van der Waals surface area contributed by atoms with Crippen molar-refractivity contribution in [3.8, 4) is 17.3 Å². The lowest BCUT2D eigenvalue weighted by molar-refractivity contribution is 1.03. The number of aromatic nitrogens is 2. The van der Waals surface area contributed by atoms with Gasteiger partial charge in [-0.3, -0.25) is 0 Å². The Morgan fingerprint density at radius 3 is 2.65 bits per heavy atom. The normalized spacial score (nSPS) is 9.65. The molecule has 1 aromatic carbocycles. The van der Waals surface area contributed by atoms with E-state index in [1.165, 1.54) is 0 Å². The minimum Gasteiger partial charge on any atom is -0.356 e. The topological polar surface area (TPSA) is 61.6 Å². The van der Waals surface area contributed by atoms with E-state index in [9.17, 15) is 0 Å². The molecule has 1 N–H and O–H groups in total. The second kappa shape index (κ2) is 5.41. The van der Waals surface area contributed by atoms with E-state index >= 15 is 0 Å². The standard InChI is InChI=1S/C12H9BrN4/c13-10-4-2-1-3-9(10)11-5-6-12(17-16-11)15-8-7-14/h1-6H,8H2,(H,15,17). The number of nitriles is 1. The number of halogens is 1. The van der Waals surface area contributed by atoms with Gasteiger partial charge in [-0.05, 0) is 18.2 Å². The van der Waals surface area contributed by atoms with Crippen molar-refractivity contribution in [2.45, 2.75) is 0 Å². The molecule has 1 aromatic heterocycles. The summed E-state index contributed by atoms with van der Waals surface area (Å²) in [7, 11) is 0. The van der Waals surface area contributed by atoms with E-state index in [0.717, 1.165) is 15.7 Å². The molecule has 2 rings (SSSR count). The first kappa shape index (κ1) is 11.6. The number of nitrogens with zero attached hydrogens (tertiary/aromatic N) is 3. The van der Waals surface area contributed by atoms with Gasteiger partial charge in [-0.1, -0.05) is 34.1 Å². The first-order valence-corrected chi connectivity index (χ1v) is 5.80. The number of anilines is 1. The molecule has 2 aromatic rings. The summed E-state index contributed by atoms with van der Waals surface area (Å²) in [6, 6.07) is 13.5. The molecule has 0 aliphatic rings. The number of hydrogen-bond donors (Lipinski definition) is 1. The molecule has 0 bridgehead atoms. The fourth-order valence-corrected chi connectivity index (χ4v) is 1.86. The van der Waals surface area contributed by atoms with Gasteiger partial charge in [0.2, 0.25) is 0 Å². The fourth-order valence-electron chi connectivity index (χ4n) is 1.37. The Morgan fingerprint density at radius 2 is 2.00 bits per heavy atom. The molecule has 0 saturated carbocycles. The average Bonchev–Trinajstić information content (AvgIpc) is 2.38. The molecular weight excluding hydrogens is 280 g/mol. The largest absolute Gasteiger partial charge is 0.356 e. The Morgan fingerprint density at radius 1 is 1.18 bits per heavy atom. The van der Waals surface area contributed by atoms with Gasteiger partial charge in [0.25, 0.3) is 0 Å². The zero-order chi connectivity index (χ0) is 12.1. The van der Waals surface area contributed by atoms with Crippen molar-refractivity contribution in [2.24, 2.45) is 0 Å². The molecule has 0 amide bonds. The lowest BCUT2D eigenvalue weighted by Crippen LogP contribution is -2.01. The lowest BCUT2D eigenvalue weighted by Gasteiger charge is -2.04. The number of hydrogen-bond acceptors (Lipinski definition) is 4. The Bertz CT molecular complexity index is 545. The third kappa shape index (κ3) is 2.80. The lowest BCUT2D eigenvalue weighted by atomic mass is 10.1. The molecule has 17 heavy (non-hydrogen) atoms. The molecule has 0 spiro atoms. The van der Waals surface area contributed by atoms with Gasteiger partial charge < -0.3 is 5.32 Å². The molecule has 0 fully saturated rings. The number of benzene rings is 1. The average molecular weight is 289 g/mol. The van der Waals surface area contributed by atoms with E-state index in [4.69, 9.17) is 5.26 Å². The van der Waals surface area contributed by atoms with Crippen molar-refractivity contribution in [2.75, 3.05) is 11.9 Å². The molecule has 0 atom stereocenters. The van der Waals surface area contributed by atoms with Crippen LogP contribution >= 0.6 is 15.9 Å². The van der Waals surface area contributed by atoms with Crippen LogP contribution in [0.25, 0.3) is 11.3 Å². The van der Waals surface area contributed by atoms with Gasteiger partial charge in [0.1, 0.15) is 12.4 Å². The Hall–Kier alpha value is -1.93. The van der Waals surface area contributed by atoms with Gasteiger partial charge in [-0.15, -0.1) is 10.2 Å². The van der Waals surface area contributed by atoms with Crippen molar-refractivity contribution in [1.82, 2.24) is 10.2 Å². The summed E-state index contributed by atoms with van der Waals surface area (Å²) < 4.78 is 0.979. The highest BCUT2D eigenvalue weighted by Crippen LogP contribution is 2.25. The quantitative estimate of drug-likeness (QED) is 0.883.